The van der Waals surface area contributed by atoms with Crippen molar-refractivity contribution in [1.29, 1.82) is 0 Å². The third-order valence-electron chi connectivity index (χ3n) is 5.16. The molecule has 1 aliphatic heterocycles. The number of aromatic carboxylic acids is 1. The molecule has 7 nitrogen and oxygen atoms in total. The lowest BCUT2D eigenvalue weighted by Crippen LogP contribution is -2.31. The number of carboxylic acids is 1. The number of amides is 2. The Kier molecular flexibility index (Phi) is 7.66. The highest BCUT2D eigenvalue weighted by molar-refractivity contribution is 8.26. The van der Waals surface area contributed by atoms with E-state index in [4.69, 9.17) is 17.3 Å². The van der Waals surface area contributed by atoms with E-state index in [1.165, 1.54) is 22.3 Å². The van der Waals surface area contributed by atoms with Crippen LogP contribution in [0.1, 0.15) is 21.7 Å². The Morgan fingerprint density at radius 1 is 1.08 bits per heavy atom. The van der Waals surface area contributed by atoms with Gasteiger partial charge in [-0.1, -0.05) is 24.0 Å². The number of rotatable bonds is 7. The van der Waals surface area contributed by atoms with Gasteiger partial charge in [-0.05, 0) is 52.9 Å². The number of aromatic hydroxyl groups is 1. The number of nitrogens with one attached hydrogen (secondary N) is 1. The van der Waals surface area contributed by atoms with Crippen LogP contribution in [0.25, 0.3) is 17.2 Å². The van der Waals surface area contributed by atoms with Gasteiger partial charge in [-0.3, -0.25) is 14.5 Å². The van der Waals surface area contributed by atoms with Gasteiger partial charge < -0.3 is 15.5 Å². The summed E-state index contributed by atoms with van der Waals surface area (Å²) in [5.74, 6) is -6.87. The Labute approximate surface area is 221 Å². The Morgan fingerprint density at radius 3 is 2.43 bits per heavy atom. The van der Waals surface area contributed by atoms with E-state index in [0.29, 0.717) is 15.3 Å². The molecule has 1 aromatic heterocycles. The number of benzene rings is 2. The van der Waals surface area contributed by atoms with Gasteiger partial charge in [0, 0.05) is 29.6 Å². The largest absolute Gasteiger partial charge is 0.507 e. The minimum Gasteiger partial charge on any atom is -0.507 e. The van der Waals surface area contributed by atoms with Crippen molar-refractivity contribution in [3.63, 3.8) is 0 Å². The summed E-state index contributed by atoms with van der Waals surface area (Å²) in [4.78, 5) is 38.3. The predicted molar refractivity (Wildman–Crippen MR) is 138 cm³/mol. The third kappa shape index (κ3) is 5.84. The summed E-state index contributed by atoms with van der Waals surface area (Å²) >= 11 is 7.51. The molecule has 0 saturated carbocycles. The summed E-state index contributed by atoms with van der Waals surface area (Å²) in [7, 11) is 0. The molecule has 2 heterocycles. The molecule has 3 aromatic rings. The lowest BCUT2D eigenvalue weighted by molar-refractivity contribution is -0.122. The Morgan fingerprint density at radius 2 is 1.78 bits per heavy atom. The van der Waals surface area contributed by atoms with E-state index < -0.39 is 41.0 Å². The number of carboxylic acid groups (broad SMARTS) is 1. The normalized spacial score (nSPS) is 14.5. The Bertz CT molecular complexity index is 1470. The fourth-order valence-corrected chi connectivity index (χ4v) is 5.57. The Balaban J connectivity index is 1.39. The van der Waals surface area contributed by atoms with Gasteiger partial charge in [0.15, 0.2) is 17.5 Å². The number of thiophene rings is 1. The summed E-state index contributed by atoms with van der Waals surface area (Å²) in [6.07, 6.45) is 1.45. The van der Waals surface area contributed by atoms with Crippen LogP contribution >= 0.6 is 35.3 Å². The second-order valence-electron chi connectivity index (χ2n) is 7.66. The standard InChI is InChI=1S/C24H15F3N2O5S3/c25-16-6-11(7-17(26)21(16)27)12-5-14(36-10-12)9-19-22(32)29(24(35)37-19)4-3-20(31)28-13-1-2-15(23(33)34)18(30)8-13/h1-2,5-10,30H,3-4H2,(H,28,31)(H,33,34)/b19-9-. The van der Waals surface area contributed by atoms with Crippen molar-refractivity contribution in [3.05, 3.63) is 74.6 Å². The van der Waals surface area contributed by atoms with Crippen LogP contribution in [-0.2, 0) is 9.59 Å². The van der Waals surface area contributed by atoms with E-state index in [-0.39, 0.29) is 34.1 Å². The second-order valence-corrected chi connectivity index (χ2v) is 10.3. The van der Waals surface area contributed by atoms with Crippen LogP contribution in [0.3, 0.4) is 0 Å². The quantitative estimate of drug-likeness (QED) is 0.199. The van der Waals surface area contributed by atoms with Gasteiger partial charge in [0.1, 0.15) is 15.6 Å². The number of hydrogen-bond acceptors (Lipinski definition) is 7. The number of thiocarbonyl (C=S) groups is 1. The lowest BCUT2D eigenvalue weighted by atomic mass is 10.1. The van der Waals surface area contributed by atoms with Crippen LogP contribution in [0.4, 0.5) is 18.9 Å². The number of nitrogens with zero attached hydrogens (tertiary/aromatic N) is 1. The van der Waals surface area contributed by atoms with Crippen molar-refractivity contribution >= 4 is 69.2 Å². The maximum absolute atomic E-state index is 13.6. The van der Waals surface area contributed by atoms with Gasteiger partial charge in [-0.25, -0.2) is 18.0 Å². The van der Waals surface area contributed by atoms with Crippen molar-refractivity contribution in [2.45, 2.75) is 6.42 Å². The molecular weight excluding hydrogens is 549 g/mol. The summed E-state index contributed by atoms with van der Waals surface area (Å²) in [6.45, 7) is -0.0170. The molecule has 0 unspecified atom stereocenters. The molecule has 0 radical (unpaired) electrons. The first-order valence-electron chi connectivity index (χ1n) is 10.4. The van der Waals surface area contributed by atoms with Crippen molar-refractivity contribution < 1.29 is 37.8 Å². The number of anilines is 1. The fraction of sp³-hybridized carbons (Fsp3) is 0.0833. The molecule has 1 fully saturated rings. The first-order chi connectivity index (χ1) is 17.5. The summed E-state index contributed by atoms with van der Waals surface area (Å²) < 4.78 is 40.6. The summed E-state index contributed by atoms with van der Waals surface area (Å²) in [5.41, 5.74) is 0.477. The molecule has 0 atom stereocenters. The molecule has 37 heavy (non-hydrogen) atoms. The van der Waals surface area contributed by atoms with E-state index in [9.17, 15) is 32.7 Å². The van der Waals surface area contributed by atoms with Crippen LogP contribution in [-0.4, -0.2) is 43.8 Å². The molecule has 4 rings (SSSR count). The van der Waals surface area contributed by atoms with Crippen LogP contribution in [0.15, 0.2) is 46.7 Å². The molecule has 0 aliphatic carbocycles. The molecule has 0 bridgehead atoms. The van der Waals surface area contributed by atoms with E-state index in [1.807, 2.05) is 0 Å². The maximum atomic E-state index is 13.6. The third-order valence-corrected chi connectivity index (χ3v) is 7.42. The van der Waals surface area contributed by atoms with Crippen molar-refractivity contribution in [1.82, 2.24) is 4.90 Å². The summed E-state index contributed by atoms with van der Waals surface area (Å²) in [5, 5.41) is 22.8. The van der Waals surface area contributed by atoms with Crippen LogP contribution in [0.5, 0.6) is 5.75 Å². The van der Waals surface area contributed by atoms with E-state index in [2.05, 4.69) is 5.32 Å². The first kappa shape index (κ1) is 26.4. The molecule has 2 aromatic carbocycles. The monoisotopic (exact) mass is 564 g/mol. The highest BCUT2D eigenvalue weighted by Gasteiger charge is 2.32. The number of phenols is 1. The molecular formula is C24H15F3N2O5S3. The van der Waals surface area contributed by atoms with Crippen LogP contribution < -0.4 is 5.32 Å². The number of carbonyl (C=O) groups is 3. The smallest absolute Gasteiger partial charge is 0.339 e. The number of hydrogen-bond donors (Lipinski definition) is 3. The van der Waals surface area contributed by atoms with Gasteiger partial charge in [-0.2, -0.15) is 0 Å². The van der Waals surface area contributed by atoms with E-state index in [1.54, 1.807) is 17.5 Å². The zero-order valence-corrected chi connectivity index (χ0v) is 20.9. The first-order valence-corrected chi connectivity index (χ1v) is 12.5. The average molecular weight is 565 g/mol. The van der Waals surface area contributed by atoms with Gasteiger partial charge >= 0.3 is 5.97 Å². The SMILES string of the molecule is O=C(CCN1C(=O)/C(=C/c2cc(-c3cc(F)c(F)c(F)c3)cs2)SC1=S)Nc1ccc(C(=O)O)c(O)c1. The highest BCUT2D eigenvalue weighted by Crippen LogP contribution is 2.35. The van der Waals surface area contributed by atoms with Crippen molar-refractivity contribution in [3.8, 4) is 16.9 Å². The molecule has 190 valence electrons. The van der Waals surface area contributed by atoms with Gasteiger partial charge in [-0.15, -0.1) is 11.3 Å². The molecule has 13 heteroatoms. The zero-order valence-electron chi connectivity index (χ0n) is 18.5. The highest BCUT2D eigenvalue weighted by atomic mass is 32.2. The fourth-order valence-electron chi connectivity index (χ4n) is 3.35. The van der Waals surface area contributed by atoms with Gasteiger partial charge in [0.2, 0.25) is 5.91 Å². The van der Waals surface area contributed by atoms with Crippen molar-refractivity contribution in [2.24, 2.45) is 0 Å². The zero-order chi connectivity index (χ0) is 26.9. The predicted octanol–water partition coefficient (Wildman–Crippen LogP) is 5.47. The van der Waals surface area contributed by atoms with Crippen molar-refractivity contribution in [2.75, 3.05) is 11.9 Å². The van der Waals surface area contributed by atoms with Crippen LogP contribution in [0, 0.1) is 17.5 Å². The molecule has 1 aliphatic rings. The van der Waals surface area contributed by atoms with E-state index in [0.717, 1.165) is 36.0 Å². The molecule has 0 spiro atoms. The Hall–Kier alpha value is -3.68. The number of thioether (sulfide) groups is 1. The van der Waals surface area contributed by atoms with Gasteiger partial charge in [0.25, 0.3) is 5.91 Å². The molecule has 3 N–H and O–H groups in total. The number of carbonyl (C=O) groups excluding carboxylic acids is 2. The number of halogens is 3. The maximum Gasteiger partial charge on any atom is 0.339 e. The topological polar surface area (TPSA) is 107 Å². The molecule has 2 amide bonds. The average Bonchev–Trinajstić information content (AvgIpc) is 3.40. The summed E-state index contributed by atoms with van der Waals surface area (Å²) in [6, 6.07) is 6.95. The minimum atomic E-state index is -1.55. The second kappa shape index (κ2) is 10.7. The van der Waals surface area contributed by atoms with E-state index >= 15 is 0 Å². The van der Waals surface area contributed by atoms with Gasteiger partial charge in [0.05, 0.1) is 4.91 Å². The molecule has 1 saturated heterocycles. The lowest BCUT2D eigenvalue weighted by Gasteiger charge is -2.14. The van der Waals surface area contributed by atoms with Crippen LogP contribution in [0.2, 0.25) is 0 Å². The minimum absolute atomic E-state index is 0.0170.